The molecule has 1 heterocycles. The number of phenols is 1. The molecule has 0 unspecified atom stereocenters. The zero-order chi connectivity index (χ0) is 10.8. The number of aryl methyl sites for hydroxylation is 1. The van der Waals surface area contributed by atoms with Gasteiger partial charge in [-0.25, -0.2) is 0 Å². The molecule has 3 nitrogen and oxygen atoms in total. The summed E-state index contributed by atoms with van der Waals surface area (Å²) in [5.41, 5.74) is -0.0680. The van der Waals surface area contributed by atoms with E-state index in [4.69, 9.17) is 0 Å². The van der Waals surface area contributed by atoms with Crippen LogP contribution in [0, 0.1) is 0 Å². The molecule has 1 aromatic carbocycles. The maximum atomic E-state index is 11.9. The van der Waals surface area contributed by atoms with Crippen molar-refractivity contribution < 1.29 is 5.11 Å². The van der Waals surface area contributed by atoms with Crippen LogP contribution in [0.25, 0.3) is 10.1 Å². The summed E-state index contributed by atoms with van der Waals surface area (Å²) < 4.78 is 2.57. The van der Waals surface area contributed by atoms with Crippen LogP contribution in [0.5, 0.6) is 5.75 Å². The Kier molecular flexibility index (Phi) is 2.77. The quantitative estimate of drug-likeness (QED) is 0.869. The molecule has 1 N–H and O–H groups in total. The molecular weight excluding hydrogens is 210 g/mol. The van der Waals surface area contributed by atoms with Gasteiger partial charge in [0.2, 0.25) is 0 Å². The molecule has 0 bridgehead atoms. The van der Waals surface area contributed by atoms with Crippen LogP contribution in [-0.4, -0.2) is 9.06 Å². The lowest BCUT2D eigenvalue weighted by Gasteiger charge is -1.95. The van der Waals surface area contributed by atoms with Gasteiger partial charge in [-0.1, -0.05) is 30.9 Å². The van der Waals surface area contributed by atoms with E-state index >= 15 is 0 Å². The molecule has 0 saturated heterocycles. The van der Waals surface area contributed by atoms with E-state index in [1.165, 1.54) is 11.5 Å². The first kappa shape index (κ1) is 10.2. The minimum absolute atomic E-state index is 0.0680. The molecule has 0 amide bonds. The summed E-state index contributed by atoms with van der Waals surface area (Å²) in [5.74, 6) is 0.0870. The molecular formula is C11H13NO2S. The molecule has 0 aliphatic rings. The minimum atomic E-state index is -0.0680. The van der Waals surface area contributed by atoms with Gasteiger partial charge in [-0.15, -0.1) is 0 Å². The van der Waals surface area contributed by atoms with Gasteiger partial charge in [0.05, 0.1) is 4.70 Å². The SMILES string of the molecule is CCCCn1sc2cccc(O)c2c1=O. The Labute approximate surface area is 91.7 Å². The number of nitrogens with zero attached hydrogens (tertiary/aromatic N) is 1. The third-order valence-corrected chi connectivity index (χ3v) is 3.47. The molecule has 2 aromatic rings. The molecule has 80 valence electrons. The summed E-state index contributed by atoms with van der Waals surface area (Å²) in [6.07, 6.45) is 2.06. The Morgan fingerprint density at radius 2 is 2.27 bits per heavy atom. The summed E-state index contributed by atoms with van der Waals surface area (Å²) in [5, 5.41) is 10.0. The Morgan fingerprint density at radius 3 is 2.93 bits per heavy atom. The van der Waals surface area contributed by atoms with Crippen molar-refractivity contribution in [1.82, 2.24) is 3.96 Å². The van der Waals surface area contributed by atoms with Crippen molar-refractivity contribution in [3.8, 4) is 5.75 Å². The molecule has 0 atom stereocenters. The van der Waals surface area contributed by atoms with Crippen molar-refractivity contribution in [3.05, 3.63) is 28.6 Å². The van der Waals surface area contributed by atoms with E-state index in [9.17, 15) is 9.90 Å². The molecule has 0 fully saturated rings. The molecule has 2 rings (SSSR count). The van der Waals surface area contributed by atoms with E-state index in [-0.39, 0.29) is 11.3 Å². The number of unbranched alkanes of at least 4 members (excludes halogenated alkanes) is 1. The van der Waals surface area contributed by atoms with E-state index in [1.54, 1.807) is 16.1 Å². The van der Waals surface area contributed by atoms with Gasteiger partial charge in [-0.2, -0.15) is 0 Å². The Hall–Kier alpha value is -1.29. The van der Waals surface area contributed by atoms with E-state index in [0.717, 1.165) is 24.1 Å². The highest BCUT2D eigenvalue weighted by Crippen LogP contribution is 2.24. The van der Waals surface area contributed by atoms with Crippen LogP contribution in [-0.2, 0) is 6.54 Å². The molecule has 0 radical (unpaired) electrons. The van der Waals surface area contributed by atoms with Gasteiger partial charge < -0.3 is 5.11 Å². The van der Waals surface area contributed by atoms with Crippen LogP contribution in [0.4, 0.5) is 0 Å². The number of hydrogen-bond donors (Lipinski definition) is 1. The highest BCUT2D eigenvalue weighted by molar-refractivity contribution is 7.13. The Bertz CT molecular complexity index is 527. The van der Waals surface area contributed by atoms with E-state index < -0.39 is 0 Å². The lowest BCUT2D eigenvalue weighted by molar-refractivity contribution is 0.481. The minimum Gasteiger partial charge on any atom is -0.507 e. The van der Waals surface area contributed by atoms with Crippen LogP contribution >= 0.6 is 11.5 Å². The Balaban J connectivity index is 2.55. The first-order valence-corrected chi connectivity index (χ1v) is 5.83. The zero-order valence-corrected chi connectivity index (χ0v) is 9.38. The molecule has 0 aliphatic heterocycles. The second kappa shape index (κ2) is 4.06. The molecule has 15 heavy (non-hydrogen) atoms. The number of hydrogen-bond acceptors (Lipinski definition) is 3. The van der Waals surface area contributed by atoms with Crippen LogP contribution in [0.3, 0.4) is 0 Å². The van der Waals surface area contributed by atoms with Crippen molar-refractivity contribution in [3.63, 3.8) is 0 Å². The van der Waals surface area contributed by atoms with Crippen molar-refractivity contribution >= 4 is 21.6 Å². The number of benzene rings is 1. The summed E-state index contributed by atoms with van der Waals surface area (Å²) >= 11 is 1.42. The lowest BCUT2D eigenvalue weighted by Crippen LogP contribution is -2.12. The fourth-order valence-electron chi connectivity index (χ4n) is 1.54. The fraction of sp³-hybridized carbons (Fsp3) is 0.364. The predicted octanol–water partition coefficient (Wildman–Crippen LogP) is 2.57. The second-order valence-corrected chi connectivity index (χ2v) is 4.57. The van der Waals surface area contributed by atoms with Crippen LogP contribution in [0.1, 0.15) is 19.8 Å². The summed E-state index contributed by atoms with van der Waals surface area (Å²) in [7, 11) is 0. The first-order valence-electron chi connectivity index (χ1n) is 5.06. The van der Waals surface area contributed by atoms with Gasteiger partial charge in [-0.3, -0.25) is 8.75 Å². The maximum absolute atomic E-state index is 11.9. The molecule has 1 aromatic heterocycles. The average molecular weight is 223 g/mol. The maximum Gasteiger partial charge on any atom is 0.272 e. The predicted molar refractivity (Wildman–Crippen MR) is 62.7 cm³/mol. The zero-order valence-electron chi connectivity index (χ0n) is 8.56. The topological polar surface area (TPSA) is 42.2 Å². The van der Waals surface area contributed by atoms with E-state index in [0.29, 0.717) is 5.39 Å². The van der Waals surface area contributed by atoms with Crippen LogP contribution in [0.15, 0.2) is 23.0 Å². The first-order chi connectivity index (χ1) is 7.24. The highest BCUT2D eigenvalue weighted by atomic mass is 32.1. The third kappa shape index (κ3) is 1.77. The largest absolute Gasteiger partial charge is 0.507 e. The highest BCUT2D eigenvalue weighted by Gasteiger charge is 2.10. The van der Waals surface area contributed by atoms with Gasteiger partial charge in [-0.05, 0) is 18.6 Å². The van der Waals surface area contributed by atoms with Crippen molar-refractivity contribution in [2.75, 3.05) is 0 Å². The average Bonchev–Trinajstić information content (AvgIpc) is 2.54. The smallest absolute Gasteiger partial charge is 0.272 e. The number of aromatic hydroxyl groups is 1. The summed E-state index contributed by atoms with van der Waals surface area (Å²) in [6, 6.07) is 5.18. The van der Waals surface area contributed by atoms with Gasteiger partial charge >= 0.3 is 0 Å². The van der Waals surface area contributed by atoms with E-state index in [2.05, 4.69) is 6.92 Å². The summed E-state index contributed by atoms with van der Waals surface area (Å²) in [4.78, 5) is 11.9. The van der Waals surface area contributed by atoms with Gasteiger partial charge in [0, 0.05) is 6.54 Å². The second-order valence-electron chi connectivity index (χ2n) is 3.50. The number of rotatable bonds is 3. The van der Waals surface area contributed by atoms with Crippen LogP contribution < -0.4 is 5.56 Å². The van der Waals surface area contributed by atoms with Crippen molar-refractivity contribution in [1.29, 1.82) is 0 Å². The van der Waals surface area contributed by atoms with Crippen molar-refractivity contribution in [2.45, 2.75) is 26.3 Å². The fourth-order valence-corrected chi connectivity index (χ4v) is 2.60. The normalized spacial score (nSPS) is 11.0. The van der Waals surface area contributed by atoms with Gasteiger partial charge in [0.15, 0.2) is 0 Å². The van der Waals surface area contributed by atoms with Gasteiger partial charge in [0.1, 0.15) is 11.1 Å². The molecule has 0 saturated carbocycles. The monoisotopic (exact) mass is 223 g/mol. The third-order valence-electron chi connectivity index (χ3n) is 2.37. The standard InChI is InChI=1S/C11H13NO2S/c1-2-3-7-12-11(14)10-8(13)5-4-6-9(10)15-12/h4-6,13H,2-3,7H2,1H3. The number of aromatic nitrogens is 1. The molecule has 4 heteroatoms. The van der Waals surface area contributed by atoms with Crippen LogP contribution in [0.2, 0.25) is 0 Å². The number of fused-ring (bicyclic) bond motifs is 1. The van der Waals surface area contributed by atoms with Gasteiger partial charge in [0.25, 0.3) is 5.56 Å². The van der Waals surface area contributed by atoms with E-state index in [1.807, 2.05) is 6.07 Å². The number of phenolic OH excluding ortho intramolecular Hbond substituents is 1. The molecule has 0 aliphatic carbocycles. The summed E-state index contributed by atoms with van der Waals surface area (Å²) in [6.45, 7) is 2.84. The lowest BCUT2D eigenvalue weighted by atomic mass is 10.2. The Morgan fingerprint density at radius 1 is 1.47 bits per heavy atom. The molecule has 0 spiro atoms. The van der Waals surface area contributed by atoms with Crippen molar-refractivity contribution in [2.24, 2.45) is 0 Å².